The SMILES string of the molecule is CC1CC(Nc2ccc(C#N)nn2)CCN1Cc1ccccc1. The van der Waals surface area contributed by atoms with Crippen molar-refractivity contribution in [1.29, 1.82) is 5.26 Å². The van der Waals surface area contributed by atoms with Gasteiger partial charge in [0.05, 0.1) is 0 Å². The molecule has 1 aromatic carbocycles. The van der Waals surface area contributed by atoms with E-state index in [4.69, 9.17) is 5.26 Å². The molecule has 1 aromatic heterocycles. The lowest BCUT2D eigenvalue weighted by molar-refractivity contribution is 0.144. The highest BCUT2D eigenvalue weighted by atomic mass is 15.2. The molecule has 2 atom stereocenters. The predicted octanol–water partition coefficient (Wildman–Crippen LogP) is 2.81. The van der Waals surface area contributed by atoms with Gasteiger partial charge in [0.2, 0.25) is 0 Å². The van der Waals surface area contributed by atoms with Gasteiger partial charge in [0.15, 0.2) is 5.69 Å². The molecule has 0 spiro atoms. The van der Waals surface area contributed by atoms with Gasteiger partial charge in [0.25, 0.3) is 0 Å². The first-order valence-corrected chi connectivity index (χ1v) is 8.03. The number of hydrogen-bond donors (Lipinski definition) is 1. The second-order valence-corrected chi connectivity index (χ2v) is 6.09. The zero-order chi connectivity index (χ0) is 16.1. The molecule has 0 saturated carbocycles. The third-order valence-corrected chi connectivity index (χ3v) is 4.37. The van der Waals surface area contributed by atoms with Gasteiger partial charge in [-0.1, -0.05) is 30.3 Å². The van der Waals surface area contributed by atoms with Crippen molar-refractivity contribution in [3.63, 3.8) is 0 Å². The largest absolute Gasteiger partial charge is 0.366 e. The Morgan fingerprint density at radius 2 is 2.04 bits per heavy atom. The Morgan fingerprint density at radius 3 is 2.70 bits per heavy atom. The Hall–Kier alpha value is -2.45. The minimum Gasteiger partial charge on any atom is -0.366 e. The van der Waals surface area contributed by atoms with E-state index in [1.807, 2.05) is 12.1 Å². The van der Waals surface area contributed by atoms with Crippen LogP contribution in [0.2, 0.25) is 0 Å². The van der Waals surface area contributed by atoms with Crippen LogP contribution in [0, 0.1) is 11.3 Å². The molecule has 1 fully saturated rings. The van der Waals surface area contributed by atoms with Gasteiger partial charge in [-0.15, -0.1) is 10.2 Å². The summed E-state index contributed by atoms with van der Waals surface area (Å²) < 4.78 is 0. The van der Waals surface area contributed by atoms with Gasteiger partial charge in [-0.3, -0.25) is 4.90 Å². The predicted molar refractivity (Wildman–Crippen MR) is 89.7 cm³/mol. The van der Waals surface area contributed by atoms with Gasteiger partial charge in [-0.2, -0.15) is 5.26 Å². The van der Waals surface area contributed by atoms with Crippen LogP contribution in [-0.4, -0.2) is 33.7 Å². The number of anilines is 1. The van der Waals surface area contributed by atoms with E-state index in [-0.39, 0.29) is 0 Å². The molecule has 5 heteroatoms. The number of aromatic nitrogens is 2. The van der Waals surface area contributed by atoms with Crippen molar-refractivity contribution in [2.75, 3.05) is 11.9 Å². The minimum atomic E-state index is 0.349. The fourth-order valence-electron chi connectivity index (χ4n) is 3.08. The number of nitriles is 1. The lowest BCUT2D eigenvalue weighted by Crippen LogP contribution is -2.44. The Labute approximate surface area is 137 Å². The van der Waals surface area contributed by atoms with Gasteiger partial charge < -0.3 is 5.32 Å². The number of piperidine rings is 1. The number of nitrogens with zero attached hydrogens (tertiary/aromatic N) is 4. The lowest BCUT2D eigenvalue weighted by Gasteiger charge is -2.38. The summed E-state index contributed by atoms with van der Waals surface area (Å²) >= 11 is 0. The van der Waals surface area contributed by atoms with Crippen LogP contribution in [0.1, 0.15) is 31.0 Å². The van der Waals surface area contributed by atoms with E-state index in [2.05, 4.69) is 57.7 Å². The van der Waals surface area contributed by atoms with Crippen LogP contribution in [0.3, 0.4) is 0 Å². The number of nitrogens with one attached hydrogen (secondary N) is 1. The standard InChI is InChI=1S/C18H21N5/c1-14-11-16(20-18-8-7-17(12-19)21-22-18)9-10-23(14)13-15-5-3-2-4-6-15/h2-8,14,16H,9-11,13H2,1H3,(H,20,22). The van der Waals surface area contributed by atoms with Crippen LogP contribution in [0.15, 0.2) is 42.5 Å². The molecule has 1 aliphatic heterocycles. The van der Waals surface area contributed by atoms with Crippen LogP contribution < -0.4 is 5.32 Å². The summed E-state index contributed by atoms with van der Waals surface area (Å²) in [5.41, 5.74) is 1.71. The number of benzene rings is 1. The summed E-state index contributed by atoms with van der Waals surface area (Å²) in [6, 6.07) is 17.0. The van der Waals surface area contributed by atoms with Crippen LogP contribution in [0.5, 0.6) is 0 Å². The molecule has 2 aromatic rings. The average Bonchev–Trinajstić information content (AvgIpc) is 2.59. The zero-order valence-corrected chi connectivity index (χ0v) is 13.3. The molecule has 23 heavy (non-hydrogen) atoms. The van der Waals surface area contributed by atoms with Crippen LogP contribution in [0.4, 0.5) is 5.82 Å². The molecule has 118 valence electrons. The summed E-state index contributed by atoms with van der Waals surface area (Å²) in [7, 11) is 0. The molecule has 0 radical (unpaired) electrons. The van der Waals surface area contributed by atoms with E-state index in [0.717, 1.165) is 31.7 Å². The molecular weight excluding hydrogens is 286 g/mol. The van der Waals surface area contributed by atoms with Crippen LogP contribution in [0.25, 0.3) is 0 Å². The fourth-order valence-corrected chi connectivity index (χ4v) is 3.08. The highest BCUT2D eigenvalue weighted by molar-refractivity contribution is 5.36. The van der Waals surface area contributed by atoms with E-state index in [9.17, 15) is 0 Å². The topological polar surface area (TPSA) is 64.8 Å². The average molecular weight is 307 g/mol. The second kappa shape index (κ2) is 7.21. The minimum absolute atomic E-state index is 0.349. The van der Waals surface area contributed by atoms with Crippen LogP contribution in [-0.2, 0) is 6.54 Å². The molecule has 1 N–H and O–H groups in total. The van der Waals surface area contributed by atoms with Gasteiger partial charge in [-0.05, 0) is 37.5 Å². The molecule has 1 saturated heterocycles. The highest BCUT2D eigenvalue weighted by Gasteiger charge is 2.25. The first-order chi connectivity index (χ1) is 11.2. The van der Waals surface area contributed by atoms with E-state index in [1.54, 1.807) is 6.07 Å². The van der Waals surface area contributed by atoms with Crippen LogP contribution >= 0.6 is 0 Å². The highest BCUT2D eigenvalue weighted by Crippen LogP contribution is 2.22. The number of hydrogen-bond acceptors (Lipinski definition) is 5. The summed E-state index contributed by atoms with van der Waals surface area (Å²) in [4.78, 5) is 2.53. The maximum atomic E-state index is 8.76. The zero-order valence-electron chi connectivity index (χ0n) is 13.3. The molecule has 1 aliphatic rings. The molecule has 0 aliphatic carbocycles. The molecule has 0 bridgehead atoms. The van der Waals surface area contributed by atoms with Crippen molar-refractivity contribution in [3.05, 3.63) is 53.7 Å². The van der Waals surface area contributed by atoms with Gasteiger partial charge in [-0.25, -0.2) is 0 Å². The van der Waals surface area contributed by atoms with Crippen molar-refractivity contribution in [2.24, 2.45) is 0 Å². The summed E-state index contributed by atoms with van der Waals surface area (Å²) in [6.07, 6.45) is 2.16. The Bertz CT molecular complexity index is 662. The van der Waals surface area contributed by atoms with Crippen molar-refractivity contribution >= 4 is 5.82 Å². The van der Waals surface area contributed by atoms with E-state index in [0.29, 0.717) is 17.8 Å². The quantitative estimate of drug-likeness (QED) is 0.941. The monoisotopic (exact) mass is 307 g/mol. The third kappa shape index (κ3) is 4.05. The lowest BCUT2D eigenvalue weighted by atomic mass is 9.97. The molecule has 3 rings (SSSR count). The van der Waals surface area contributed by atoms with E-state index < -0.39 is 0 Å². The maximum Gasteiger partial charge on any atom is 0.163 e. The van der Waals surface area contributed by atoms with E-state index in [1.165, 1.54) is 5.56 Å². The smallest absolute Gasteiger partial charge is 0.163 e. The Morgan fingerprint density at radius 1 is 1.22 bits per heavy atom. The fraction of sp³-hybridized carbons (Fsp3) is 0.389. The normalized spacial score (nSPS) is 21.6. The first-order valence-electron chi connectivity index (χ1n) is 8.03. The van der Waals surface area contributed by atoms with Crippen molar-refractivity contribution in [3.8, 4) is 6.07 Å². The summed E-state index contributed by atoms with van der Waals surface area (Å²) in [5.74, 6) is 0.748. The van der Waals surface area contributed by atoms with Gasteiger partial charge >= 0.3 is 0 Å². The maximum absolute atomic E-state index is 8.76. The van der Waals surface area contributed by atoms with E-state index >= 15 is 0 Å². The molecule has 2 unspecified atom stereocenters. The molecular formula is C18H21N5. The Balaban J connectivity index is 1.54. The van der Waals surface area contributed by atoms with Gasteiger partial charge in [0.1, 0.15) is 11.9 Å². The number of likely N-dealkylation sites (tertiary alicyclic amines) is 1. The third-order valence-electron chi connectivity index (χ3n) is 4.37. The molecule has 2 heterocycles. The number of rotatable bonds is 4. The van der Waals surface area contributed by atoms with Crippen molar-refractivity contribution < 1.29 is 0 Å². The molecule has 5 nitrogen and oxygen atoms in total. The van der Waals surface area contributed by atoms with Crippen molar-refractivity contribution in [2.45, 2.75) is 38.4 Å². The first kappa shape index (κ1) is 15.4. The summed E-state index contributed by atoms with van der Waals surface area (Å²) in [6.45, 7) is 4.35. The summed E-state index contributed by atoms with van der Waals surface area (Å²) in [5, 5.41) is 20.1. The Kier molecular flexibility index (Phi) is 4.84. The van der Waals surface area contributed by atoms with Crippen molar-refractivity contribution in [1.82, 2.24) is 15.1 Å². The molecule has 0 amide bonds. The second-order valence-electron chi connectivity index (χ2n) is 6.09. The van der Waals surface area contributed by atoms with Gasteiger partial charge in [0, 0.05) is 25.2 Å².